The molecule has 27 heavy (non-hydrogen) atoms. The van der Waals surface area contributed by atoms with Crippen LogP contribution in [0.3, 0.4) is 0 Å². The zero-order valence-corrected chi connectivity index (χ0v) is 16.4. The van der Waals surface area contributed by atoms with Gasteiger partial charge in [-0.1, -0.05) is 5.16 Å². The van der Waals surface area contributed by atoms with Gasteiger partial charge < -0.3 is 13.8 Å². The van der Waals surface area contributed by atoms with Gasteiger partial charge in [-0.05, 0) is 26.7 Å². The maximum absolute atomic E-state index is 12.4. The molecule has 0 radical (unpaired) electrons. The molecule has 1 aliphatic rings. The molecule has 0 aliphatic carbocycles. The van der Waals surface area contributed by atoms with Crippen molar-refractivity contribution in [2.24, 2.45) is 0 Å². The highest BCUT2D eigenvalue weighted by Gasteiger charge is 2.28. The molecule has 0 aromatic carbocycles. The van der Waals surface area contributed by atoms with Gasteiger partial charge in [0.05, 0.1) is 0 Å². The van der Waals surface area contributed by atoms with E-state index < -0.39 is 10.0 Å². The number of rotatable bonds is 6. The van der Waals surface area contributed by atoms with Crippen LogP contribution in [0.4, 0.5) is 0 Å². The summed E-state index contributed by atoms with van der Waals surface area (Å²) in [5.41, 5.74) is 0.296. The Morgan fingerprint density at radius 2 is 1.93 bits per heavy atom. The summed E-state index contributed by atoms with van der Waals surface area (Å²) in [6.45, 7) is 6.04. The van der Waals surface area contributed by atoms with E-state index in [2.05, 4.69) is 20.1 Å². The minimum absolute atomic E-state index is 0.0218. The maximum Gasteiger partial charge on any atom is 0.245 e. The molecule has 1 fully saturated rings. The summed E-state index contributed by atoms with van der Waals surface area (Å²) in [4.78, 5) is 14.1. The summed E-state index contributed by atoms with van der Waals surface area (Å²) in [6, 6.07) is 0. The molecule has 1 saturated heterocycles. The van der Waals surface area contributed by atoms with E-state index in [1.54, 1.807) is 18.7 Å². The van der Waals surface area contributed by atoms with Crippen molar-refractivity contribution in [3.63, 3.8) is 0 Å². The van der Waals surface area contributed by atoms with E-state index in [1.165, 1.54) is 6.92 Å². The van der Waals surface area contributed by atoms with E-state index >= 15 is 0 Å². The summed E-state index contributed by atoms with van der Waals surface area (Å²) in [6.07, 6.45) is 1.59. The highest BCUT2D eigenvalue weighted by atomic mass is 32.2. The molecule has 3 heterocycles. The monoisotopic (exact) mass is 397 g/mol. The fourth-order valence-corrected chi connectivity index (χ4v) is 4.59. The first-order valence-corrected chi connectivity index (χ1v) is 10.3. The van der Waals surface area contributed by atoms with Crippen LogP contribution < -0.4 is 4.72 Å². The molecule has 1 aliphatic heterocycles. The van der Waals surface area contributed by atoms with Gasteiger partial charge in [0.15, 0.2) is 5.76 Å². The van der Waals surface area contributed by atoms with Crippen molar-refractivity contribution in [3.05, 3.63) is 23.2 Å². The van der Waals surface area contributed by atoms with Gasteiger partial charge in [0.2, 0.25) is 27.7 Å². The summed E-state index contributed by atoms with van der Waals surface area (Å²) < 4.78 is 37.5. The Labute approximate surface area is 157 Å². The highest BCUT2D eigenvalue weighted by molar-refractivity contribution is 7.89. The van der Waals surface area contributed by atoms with Gasteiger partial charge in [0.25, 0.3) is 0 Å². The van der Waals surface area contributed by atoms with Gasteiger partial charge in [-0.15, -0.1) is 10.2 Å². The molecule has 2 aromatic heterocycles. The third-order valence-corrected chi connectivity index (χ3v) is 6.31. The average Bonchev–Trinajstić information content (AvgIpc) is 3.20. The van der Waals surface area contributed by atoms with Gasteiger partial charge in [-0.25, -0.2) is 13.1 Å². The molecule has 0 bridgehead atoms. The topological polar surface area (TPSA) is 131 Å². The molecule has 0 spiro atoms. The number of aryl methyl sites for hydroxylation is 3. The molecule has 1 N–H and O–H groups in total. The van der Waals surface area contributed by atoms with Gasteiger partial charge in [0.1, 0.15) is 10.6 Å². The number of nitrogens with zero attached hydrogens (tertiary/aromatic N) is 4. The third kappa shape index (κ3) is 4.35. The van der Waals surface area contributed by atoms with Crippen LogP contribution in [-0.4, -0.2) is 54.2 Å². The molecule has 11 heteroatoms. The summed E-state index contributed by atoms with van der Waals surface area (Å²) in [7, 11) is -3.75. The van der Waals surface area contributed by atoms with Crippen molar-refractivity contribution >= 4 is 15.9 Å². The fourth-order valence-electron chi connectivity index (χ4n) is 3.23. The van der Waals surface area contributed by atoms with E-state index in [1.807, 2.05) is 0 Å². The van der Waals surface area contributed by atoms with Crippen molar-refractivity contribution in [1.29, 1.82) is 0 Å². The second-order valence-electron chi connectivity index (χ2n) is 6.62. The predicted molar refractivity (Wildman–Crippen MR) is 93.4 cm³/mol. The zero-order valence-electron chi connectivity index (χ0n) is 15.6. The second-order valence-corrected chi connectivity index (χ2v) is 8.32. The lowest BCUT2D eigenvalue weighted by Crippen LogP contribution is -2.39. The summed E-state index contributed by atoms with van der Waals surface area (Å²) >= 11 is 0. The molecule has 3 rings (SSSR count). The zero-order chi connectivity index (χ0) is 19.6. The fraction of sp³-hybridized carbons (Fsp3) is 0.625. The summed E-state index contributed by atoms with van der Waals surface area (Å²) in [5.74, 6) is 1.45. The number of hydrogen-bond acceptors (Lipinski definition) is 8. The van der Waals surface area contributed by atoms with Crippen LogP contribution in [0.15, 0.2) is 13.8 Å². The van der Waals surface area contributed by atoms with Crippen LogP contribution in [0.2, 0.25) is 0 Å². The first-order valence-electron chi connectivity index (χ1n) is 8.78. The van der Waals surface area contributed by atoms with E-state index in [0.717, 1.165) is 12.8 Å². The van der Waals surface area contributed by atoms with E-state index in [9.17, 15) is 13.2 Å². The molecule has 10 nitrogen and oxygen atoms in total. The van der Waals surface area contributed by atoms with Crippen molar-refractivity contribution in [3.8, 4) is 0 Å². The number of amides is 1. The Morgan fingerprint density at radius 1 is 1.22 bits per heavy atom. The first-order chi connectivity index (χ1) is 12.8. The Balaban J connectivity index is 1.48. The molecule has 1 amide bonds. The molecule has 0 atom stereocenters. The highest BCUT2D eigenvalue weighted by Crippen LogP contribution is 2.27. The SMILES string of the molecule is Cc1nnc(C2CCN(C(=O)CCNS(=O)(=O)c3c(C)noc3C)CC2)o1. The number of piperidine rings is 1. The Kier molecular flexibility index (Phi) is 5.61. The number of likely N-dealkylation sites (tertiary alicyclic amines) is 1. The van der Waals surface area contributed by atoms with Crippen molar-refractivity contribution in [2.45, 2.75) is 50.8 Å². The largest absolute Gasteiger partial charge is 0.425 e. The quantitative estimate of drug-likeness (QED) is 0.765. The Hall–Kier alpha value is -2.27. The molecule has 2 aromatic rings. The number of hydrogen-bond donors (Lipinski definition) is 1. The normalized spacial score (nSPS) is 16.0. The number of sulfonamides is 1. The lowest BCUT2D eigenvalue weighted by atomic mass is 9.96. The van der Waals surface area contributed by atoms with Crippen LogP contribution >= 0.6 is 0 Å². The second kappa shape index (κ2) is 7.77. The van der Waals surface area contributed by atoms with Crippen LogP contribution in [0.1, 0.15) is 48.4 Å². The molecule has 0 saturated carbocycles. The van der Waals surface area contributed by atoms with Gasteiger partial charge in [-0.2, -0.15) is 0 Å². The number of aromatic nitrogens is 3. The van der Waals surface area contributed by atoms with Gasteiger partial charge in [-0.3, -0.25) is 4.79 Å². The van der Waals surface area contributed by atoms with Crippen LogP contribution in [-0.2, 0) is 14.8 Å². The predicted octanol–water partition coefficient (Wildman–Crippen LogP) is 1.06. The van der Waals surface area contributed by atoms with Crippen LogP contribution in [0.25, 0.3) is 0 Å². The van der Waals surface area contributed by atoms with Gasteiger partial charge in [0, 0.05) is 38.9 Å². The van der Waals surface area contributed by atoms with E-state index in [-0.39, 0.29) is 35.4 Å². The number of carbonyl (C=O) groups is 1. The van der Waals surface area contributed by atoms with Crippen molar-refractivity contribution in [1.82, 2.24) is 25.0 Å². The van der Waals surface area contributed by atoms with Crippen molar-refractivity contribution in [2.75, 3.05) is 19.6 Å². The Bertz CT molecular complexity index is 892. The molecule has 0 unspecified atom stereocenters. The van der Waals surface area contributed by atoms with Crippen LogP contribution in [0, 0.1) is 20.8 Å². The van der Waals surface area contributed by atoms with E-state index in [4.69, 9.17) is 8.94 Å². The first kappa shape index (κ1) is 19.5. The molecular weight excluding hydrogens is 374 g/mol. The lowest BCUT2D eigenvalue weighted by Gasteiger charge is -2.30. The average molecular weight is 397 g/mol. The number of carbonyl (C=O) groups excluding carboxylic acids is 1. The minimum atomic E-state index is -3.75. The standard InChI is InChI=1S/C16H23N5O5S/c1-10-15(11(2)26-20-10)27(23,24)17-7-4-14(22)21-8-5-13(6-9-21)16-19-18-12(3)25-16/h13,17H,4-9H2,1-3H3. The minimum Gasteiger partial charge on any atom is -0.425 e. The maximum atomic E-state index is 12.4. The lowest BCUT2D eigenvalue weighted by molar-refractivity contribution is -0.132. The smallest absolute Gasteiger partial charge is 0.245 e. The van der Waals surface area contributed by atoms with Gasteiger partial charge >= 0.3 is 0 Å². The summed E-state index contributed by atoms with van der Waals surface area (Å²) in [5, 5.41) is 11.5. The number of nitrogens with one attached hydrogen (secondary N) is 1. The van der Waals surface area contributed by atoms with Crippen molar-refractivity contribution < 1.29 is 22.2 Å². The molecule has 148 valence electrons. The molecular formula is C16H23N5O5S. The Morgan fingerprint density at radius 3 is 2.48 bits per heavy atom. The third-order valence-electron chi connectivity index (χ3n) is 4.61. The van der Waals surface area contributed by atoms with E-state index in [0.29, 0.717) is 30.6 Å². The van der Waals surface area contributed by atoms with Crippen LogP contribution in [0.5, 0.6) is 0 Å².